The lowest BCUT2D eigenvalue weighted by Gasteiger charge is -2.42. The highest BCUT2D eigenvalue weighted by Gasteiger charge is 2.43. The average Bonchev–Trinajstić information content (AvgIpc) is 2.96. The highest BCUT2D eigenvalue weighted by molar-refractivity contribution is 8.24. The van der Waals surface area contributed by atoms with Crippen LogP contribution in [0.1, 0.15) is 75.8 Å². The lowest BCUT2D eigenvalue weighted by molar-refractivity contribution is -0.139. The van der Waals surface area contributed by atoms with Gasteiger partial charge in [-0.15, -0.1) is 11.8 Å². The van der Waals surface area contributed by atoms with Crippen LogP contribution in [0.5, 0.6) is 11.5 Å². The summed E-state index contributed by atoms with van der Waals surface area (Å²) in [5.41, 5.74) is 1.79. The van der Waals surface area contributed by atoms with Crippen LogP contribution in [-0.4, -0.2) is 45.9 Å². The van der Waals surface area contributed by atoms with Crippen LogP contribution in [0.2, 0.25) is 0 Å². The van der Waals surface area contributed by atoms with Gasteiger partial charge < -0.3 is 14.6 Å². The van der Waals surface area contributed by atoms with Crippen LogP contribution in [0.15, 0.2) is 46.2 Å². The van der Waals surface area contributed by atoms with Gasteiger partial charge in [-0.1, -0.05) is 51.7 Å². The number of ether oxygens (including phenoxy) is 2. The van der Waals surface area contributed by atoms with Crippen molar-refractivity contribution in [2.24, 2.45) is 5.41 Å². The van der Waals surface area contributed by atoms with Gasteiger partial charge in [0, 0.05) is 22.6 Å². The van der Waals surface area contributed by atoms with E-state index in [-0.39, 0.29) is 11.3 Å². The summed E-state index contributed by atoms with van der Waals surface area (Å²) in [6, 6.07) is 11.7. The monoisotopic (exact) mass is 536 g/mol. The zero-order chi connectivity index (χ0) is 26.3. The van der Waals surface area contributed by atoms with E-state index in [0.717, 1.165) is 66.7 Å². The third-order valence-corrected chi connectivity index (χ3v) is 9.99. The molecule has 0 saturated heterocycles. The topological polar surface area (TPSA) is 96.2 Å². The fraction of sp³-hybridized carbons (Fsp3) is 0.536. The fourth-order valence-electron chi connectivity index (χ4n) is 5.34. The van der Waals surface area contributed by atoms with Gasteiger partial charge in [-0.2, -0.15) is 10.6 Å². The maximum atomic E-state index is 11.7. The third-order valence-electron chi connectivity index (χ3n) is 7.16. The second-order valence-corrected chi connectivity index (χ2v) is 12.7. The molecule has 2 aromatic rings. The predicted molar refractivity (Wildman–Crippen MR) is 148 cm³/mol. The maximum absolute atomic E-state index is 11.7. The van der Waals surface area contributed by atoms with Crippen LogP contribution in [-0.2, 0) is 4.79 Å². The lowest BCUT2D eigenvalue weighted by Crippen LogP contribution is -2.29. The molecule has 0 fully saturated rings. The normalized spacial score (nSPS) is 19.1. The quantitative estimate of drug-likeness (QED) is 0.237. The lowest BCUT2D eigenvalue weighted by atomic mass is 9.70. The number of fused-ring (bicyclic) bond motifs is 1. The molecule has 200 valence electrons. The molecule has 6 nitrogen and oxygen atoms in total. The van der Waals surface area contributed by atoms with E-state index in [0.29, 0.717) is 16.4 Å². The van der Waals surface area contributed by atoms with Crippen molar-refractivity contribution in [2.45, 2.75) is 74.5 Å². The summed E-state index contributed by atoms with van der Waals surface area (Å²) in [4.78, 5) is 12.5. The number of benzene rings is 2. The zero-order valence-electron chi connectivity index (χ0n) is 21.8. The Morgan fingerprint density at radius 2 is 1.75 bits per heavy atom. The molecule has 1 aliphatic heterocycles. The first-order valence-corrected chi connectivity index (χ1v) is 15.6. The van der Waals surface area contributed by atoms with Gasteiger partial charge >= 0.3 is 5.97 Å². The SMILES string of the molecule is CCCCC1(CCCC)CC(c2ccc(OC)cc2)c2cc(SC)c(OCC(=O)O)cc2S(O)(O)C1. The predicted octanol–water partition coefficient (Wildman–Crippen LogP) is 7.89. The number of rotatable bonds is 12. The van der Waals surface area contributed by atoms with E-state index in [2.05, 4.69) is 26.0 Å². The molecule has 0 bridgehead atoms. The average molecular weight is 537 g/mol. The molecule has 1 aliphatic rings. The van der Waals surface area contributed by atoms with Gasteiger partial charge in [0.25, 0.3) is 0 Å². The van der Waals surface area contributed by atoms with E-state index < -0.39 is 23.2 Å². The van der Waals surface area contributed by atoms with Crippen molar-refractivity contribution in [1.29, 1.82) is 0 Å². The van der Waals surface area contributed by atoms with E-state index in [4.69, 9.17) is 14.6 Å². The number of carboxylic acids is 1. The van der Waals surface area contributed by atoms with Crippen molar-refractivity contribution in [1.82, 2.24) is 0 Å². The highest BCUT2D eigenvalue weighted by atomic mass is 32.3. The van der Waals surface area contributed by atoms with Crippen molar-refractivity contribution in [3.63, 3.8) is 0 Å². The molecule has 0 aromatic heterocycles. The number of thioether (sulfide) groups is 1. The van der Waals surface area contributed by atoms with E-state index >= 15 is 0 Å². The Balaban J connectivity index is 2.22. The van der Waals surface area contributed by atoms with Crippen LogP contribution in [0.3, 0.4) is 0 Å². The van der Waals surface area contributed by atoms with Crippen molar-refractivity contribution in [3.05, 3.63) is 47.5 Å². The van der Waals surface area contributed by atoms with Gasteiger partial charge in [-0.05, 0) is 60.3 Å². The minimum absolute atomic E-state index is 0.0345. The molecule has 1 heterocycles. The van der Waals surface area contributed by atoms with E-state index in [1.807, 2.05) is 24.5 Å². The molecule has 0 radical (unpaired) electrons. The Morgan fingerprint density at radius 3 is 2.28 bits per heavy atom. The van der Waals surface area contributed by atoms with Crippen LogP contribution >= 0.6 is 22.4 Å². The molecule has 3 N–H and O–H groups in total. The Bertz CT molecular complexity index is 1010. The zero-order valence-corrected chi connectivity index (χ0v) is 23.4. The second-order valence-electron chi connectivity index (χ2n) is 9.77. The molecule has 0 spiro atoms. The van der Waals surface area contributed by atoms with Crippen LogP contribution in [0, 0.1) is 5.41 Å². The van der Waals surface area contributed by atoms with E-state index in [9.17, 15) is 13.9 Å². The molecule has 2 aromatic carbocycles. The molecule has 1 unspecified atom stereocenters. The molecular weight excluding hydrogens is 496 g/mol. The van der Waals surface area contributed by atoms with Crippen LogP contribution < -0.4 is 9.47 Å². The molecule has 0 aliphatic carbocycles. The Hall–Kier alpha value is -1.87. The Morgan fingerprint density at radius 1 is 1.11 bits per heavy atom. The Labute approximate surface area is 221 Å². The van der Waals surface area contributed by atoms with E-state index in [1.165, 1.54) is 11.8 Å². The second kappa shape index (κ2) is 12.6. The van der Waals surface area contributed by atoms with Crippen molar-refractivity contribution in [2.75, 3.05) is 25.7 Å². The largest absolute Gasteiger partial charge is 0.497 e. The van der Waals surface area contributed by atoms with Crippen molar-refractivity contribution in [3.8, 4) is 11.5 Å². The smallest absolute Gasteiger partial charge is 0.341 e. The van der Waals surface area contributed by atoms with Crippen molar-refractivity contribution < 1.29 is 28.5 Å². The van der Waals surface area contributed by atoms with Gasteiger partial charge in [0.05, 0.1) is 12.0 Å². The van der Waals surface area contributed by atoms with Crippen LogP contribution in [0.25, 0.3) is 0 Å². The molecule has 0 saturated carbocycles. The fourth-order valence-corrected chi connectivity index (χ4v) is 8.20. The number of aliphatic carboxylic acids is 1. The van der Waals surface area contributed by atoms with Crippen molar-refractivity contribution >= 4 is 28.3 Å². The minimum atomic E-state index is -3.15. The summed E-state index contributed by atoms with van der Waals surface area (Å²) >= 11 is 1.47. The van der Waals surface area contributed by atoms with Gasteiger partial charge in [-0.25, -0.2) is 4.79 Å². The maximum Gasteiger partial charge on any atom is 0.341 e. The summed E-state index contributed by atoms with van der Waals surface area (Å²) < 4.78 is 34.4. The minimum Gasteiger partial charge on any atom is -0.497 e. The summed E-state index contributed by atoms with van der Waals surface area (Å²) in [6.45, 7) is 3.87. The number of carboxylic acid groups (broad SMARTS) is 1. The van der Waals surface area contributed by atoms with Gasteiger partial charge in [0.15, 0.2) is 6.61 Å². The number of methoxy groups -OCH3 is 1. The summed E-state index contributed by atoms with van der Waals surface area (Å²) in [5, 5.41) is 9.16. The summed E-state index contributed by atoms with van der Waals surface area (Å²) in [5.74, 6) is 0.371. The molecule has 1 atom stereocenters. The summed E-state index contributed by atoms with van der Waals surface area (Å²) in [6.07, 6.45) is 8.80. The summed E-state index contributed by atoms with van der Waals surface area (Å²) in [7, 11) is -1.50. The number of carbonyl (C=O) groups is 1. The first-order valence-electron chi connectivity index (χ1n) is 12.6. The van der Waals surface area contributed by atoms with Gasteiger partial charge in [0.2, 0.25) is 0 Å². The molecule has 8 heteroatoms. The standard InChI is InChI=1S/C28H40O6S2/c1-5-7-13-28(14-8-6-2)17-23(20-9-11-21(33-3)12-10-20)22-15-25(35-4)24(34-18-27(29)30)16-26(22)36(31,32)19-28/h9-12,15-16,23,31-32H,5-8,13-14,17-19H2,1-4H3,(H,29,30). The Kier molecular flexibility index (Phi) is 10.0. The first kappa shape index (κ1) is 28.7. The molecule has 3 rings (SSSR count). The number of unbranched alkanes of at least 4 members (excludes halogenated alkanes) is 2. The van der Waals surface area contributed by atoms with E-state index in [1.54, 1.807) is 13.2 Å². The molecule has 0 amide bonds. The third kappa shape index (κ3) is 6.71. The first-order chi connectivity index (χ1) is 17.2. The van der Waals surface area contributed by atoms with Crippen LogP contribution in [0.4, 0.5) is 0 Å². The molecule has 36 heavy (non-hydrogen) atoms. The van der Waals surface area contributed by atoms with Gasteiger partial charge in [-0.3, -0.25) is 9.11 Å². The molecular formula is C28H40O6S2. The number of hydrogen-bond acceptors (Lipinski definition) is 6. The highest BCUT2D eigenvalue weighted by Crippen LogP contribution is 2.63. The number of hydrogen-bond donors (Lipinski definition) is 3. The van der Waals surface area contributed by atoms with Gasteiger partial charge in [0.1, 0.15) is 11.5 Å².